The number of benzene rings is 2. The molecule has 3 aromatic rings. The maximum Gasteiger partial charge on any atom is 0.261 e. The maximum absolute atomic E-state index is 14.3. The summed E-state index contributed by atoms with van der Waals surface area (Å²) < 4.78 is 24.9. The fourth-order valence-electron chi connectivity index (χ4n) is 2.57. The first kappa shape index (κ1) is 17.9. The topological polar surface area (TPSA) is 64.4 Å². The van der Waals surface area contributed by atoms with E-state index >= 15 is 0 Å². The van der Waals surface area contributed by atoms with Gasteiger partial charge in [0.25, 0.3) is 5.91 Å². The Morgan fingerprint density at radius 1 is 1.27 bits per heavy atom. The number of nitrogens with one attached hydrogen (secondary N) is 1. The highest BCUT2D eigenvalue weighted by molar-refractivity contribution is 6.33. The van der Waals surface area contributed by atoms with Gasteiger partial charge in [0.1, 0.15) is 28.6 Å². The molecule has 0 atom stereocenters. The molecule has 0 radical (unpaired) electrons. The molecule has 0 saturated carbocycles. The number of anilines is 1. The van der Waals surface area contributed by atoms with Crippen molar-refractivity contribution in [3.05, 3.63) is 64.6 Å². The number of ether oxygens (including phenoxy) is 1. The Kier molecular flexibility index (Phi) is 5.23. The van der Waals surface area contributed by atoms with Crippen LogP contribution < -0.4 is 10.1 Å². The average Bonchev–Trinajstić information content (AvgIpc) is 2.98. The zero-order chi connectivity index (χ0) is 18.7. The molecule has 0 fully saturated rings. The number of nitrogens with zero attached hydrogens (tertiary/aromatic N) is 1. The van der Waals surface area contributed by atoms with Gasteiger partial charge in [0, 0.05) is 0 Å². The largest absolute Gasteiger partial charge is 0.492 e. The van der Waals surface area contributed by atoms with E-state index in [0.29, 0.717) is 18.0 Å². The second-order valence-electron chi connectivity index (χ2n) is 5.44. The van der Waals surface area contributed by atoms with Crippen molar-refractivity contribution >= 4 is 23.2 Å². The van der Waals surface area contributed by atoms with E-state index in [1.807, 2.05) is 6.92 Å². The van der Waals surface area contributed by atoms with Gasteiger partial charge in [-0.05, 0) is 38.1 Å². The molecule has 1 heterocycles. The molecule has 2 aromatic carbocycles. The number of para-hydroxylation sites is 2. The molecule has 0 aliphatic carbocycles. The van der Waals surface area contributed by atoms with Crippen LogP contribution in [-0.4, -0.2) is 17.7 Å². The summed E-state index contributed by atoms with van der Waals surface area (Å²) in [6.45, 7) is 3.88. The van der Waals surface area contributed by atoms with Crippen LogP contribution in [0.1, 0.15) is 23.0 Å². The van der Waals surface area contributed by atoms with Crippen molar-refractivity contribution in [1.82, 2.24) is 5.16 Å². The molecule has 0 unspecified atom stereocenters. The van der Waals surface area contributed by atoms with Crippen molar-refractivity contribution in [1.29, 1.82) is 0 Å². The minimum absolute atomic E-state index is 0.0225. The predicted molar refractivity (Wildman–Crippen MR) is 97.2 cm³/mol. The Hall–Kier alpha value is -2.86. The number of halogens is 2. The van der Waals surface area contributed by atoms with Gasteiger partial charge in [-0.15, -0.1) is 0 Å². The summed E-state index contributed by atoms with van der Waals surface area (Å²) in [7, 11) is 0. The highest BCUT2D eigenvalue weighted by Gasteiger charge is 2.26. The number of aromatic nitrogens is 1. The number of carbonyl (C=O) groups is 1. The lowest BCUT2D eigenvalue weighted by Gasteiger charge is -2.11. The van der Waals surface area contributed by atoms with E-state index in [-0.39, 0.29) is 27.6 Å². The van der Waals surface area contributed by atoms with Gasteiger partial charge in [0.05, 0.1) is 22.9 Å². The third-order valence-electron chi connectivity index (χ3n) is 3.72. The second kappa shape index (κ2) is 7.58. The first-order valence-electron chi connectivity index (χ1n) is 7.96. The molecular weight excluding hydrogens is 359 g/mol. The highest BCUT2D eigenvalue weighted by Crippen LogP contribution is 2.34. The highest BCUT2D eigenvalue weighted by atomic mass is 35.5. The standard InChI is InChI=1S/C19H16ClFN2O3/c1-3-25-15-10-5-4-9-14(15)22-19(24)16-11(2)26-23-18(16)17-12(20)7-6-8-13(17)21/h4-10H,3H2,1-2H3,(H,22,24). The van der Waals surface area contributed by atoms with Crippen LogP contribution in [0, 0.1) is 12.7 Å². The lowest BCUT2D eigenvalue weighted by molar-refractivity contribution is 0.102. The van der Waals surface area contributed by atoms with Crippen molar-refractivity contribution in [3.63, 3.8) is 0 Å². The fourth-order valence-corrected chi connectivity index (χ4v) is 2.82. The Labute approximate surface area is 154 Å². The monoisotopic (exact) mass is 374 g/mol. The first-order valence-corrected chi connectivity index (χ1v) is 8.34. The summed E-state index contributed by atoms with van der Waals surface area (Å²) in [6, 6.07) is 11.3. The van der Waals surface area contributed by atoms with Gasteiger partial charge in [-0.2, -0.15) is 0 Å². The zero-order valence-electron chi connectivity index (χ0n) is 14.2. The van der Waals surface area contributed by atoms with Crippen molar-refractivity contribution in [2.45, 2.75) is 13.8 Å². The lowest BCUT2D eigenvalue weighted by Crippen LogP contribution is -2.14. The normalized spacial score (nSPS) is 10.6. The number of hydrogen-bond acceptors (Lipinski definition) is 4. The van der Waals surface area contributed by atoms with Gasteiger partial charge in [-0.25, -0.2) is 4.39 Å². The lowest BCUT2D eigenvalue weighted by atomic mass is 10.0. The smallest absolute Gasteiger partial charge is 0.261 e. The first-order chi connectivity index (χ1) is 12.5. The van der Waals surface area contributed by atoms with E-state index in [2.05, 4.69) is 10.5 Å². The number of amides is 1. The molecule has 5 nitrogen and oxygen atoms in total. The van der Waals surface area contributed by atoms with Crippen molar-refractivity contribution < 1.29 is 18.4 Å². The van der Waals surface area contributed by atoms with E-state index < -0.39 is 11.7 Å². The summed E-state index contributed by atoms with van der Waals surface area (Å²) in [5, 5.41) is 6.74. The molecule has 0 spiro atoms. The molecule has 1 aromatic heterocycles. The third-order valence-corrected chi connectivity index (χ3v) is 4.04. The number of aryl methyl sites for hydroxylation is 1. The van der Waals surface area contributed by atoms with Crippen LogP contribution in [0.3, 0.4) is 0 Å². The molecule has 26 heavy (non-hydrogen) atoms. The van der Waals surface area contributed by atoms with Crippen LogP contribution in [0.25, 0.3) is 11.3 Å². The van der Waals surface area contributed by atoms with Gasteiger partial charge in [-0.1, -0.05) is 35.0 Å². The predicted octanol–water partition coefficient (Wildman–Crippen LogP) is 5.09. The summed E-state index contributed by atoms with van der Waals surface area (Å²) >= 11 is 6.10. The van der Waals surface area contributed by atoms with Crippen molar-refractivity contribution in [2.75, 3.05) is 11.9 Å². The van der Waals surface area contributed by atoms with Crippen LogP contribution in [0.4, 0.5) is 10.1 Å². The van der Waals surface area contributed by atoms with Gasteiger partial charge >= 0.3 is 0 Å². The number of hydrogen-bond donors (Lipinski definition) is 1. The van der Waals surface area contributed by atoms with Gasteiger partial charge in [0.15, 0.2) is 0 Å². The molecule has 1 amide bonds. The zero-order valence-corrected chi connectivity index (χ0v) is 14.9. The average molecular weight is 375 g/mol. The summed E-state index contributed by atoms with van der Waals surface area (Å²) in [6.07, 6.45) is 0. The summed E-state index contributed by atoms with van der Waals surface area (Å²) in [5.41, 5.74) is 0.681. The van der Waals surface area contributed by atoms with Gasteiger partial charge in [0.2, 0.25) is 0 Å². The summed E-state index contributed by atoms with van der Waals surface area (Å²) in [5.74, 6) is -0.298. The van der Waals surface area contributed by atoms with Crippen LogP contribution in [0.5, 0.6) is 5.75 Å². The second-order valence-corrected chi connectivity index (χ2v) is 5.85. The molecule has 1 N–H and O–H groups in total. The summed E-state index contributed by atoms with van der Waals surface area (Å²) in [4.78, 5) is 12.8. The quantitative estimate of drug-likeness (QED) is 0.675. The molecule has 134 valence electrons. The van der Waals surface area contributed by atoms with E-state index in [4.69, 9.17) is 20.9 Å². The van der Waals surface area contributed by atoms with Gasteiger partial charge in [-0.3, -0.25) is 4.79 Å². The minimum atomic E-state index is -0.588. The Morgan fingerprint density at radius 3 is 2.77 bits per heavy atom. The van der Waals surface area contributed by atoms with Crippen LogP contribution in [0.2, 0.25) is 5.02 Å². The molecule has 0 aliphatic rings. The molecule has 7 heteroatoms. The molecule has 0 bridgehead atoms. The molecule has 0 aliphatic heterocycles. The van der Waals surface area contributed by atoms with Crippen LogP contribution in [0.15, 0.2) is 47.0 Å². The molecule has 0 saturated heterocycles. The van der Waals surface area contributed by atoms with Crippen molar-refractivity contribution in [3.8, 4) is 17.0 Å². The number of rotatable bonds is 5. The number of carbonyl (C=O) groups excluding carboxylic acids is 1. The Morgan fingerprint density at radius 2 is 2.04 bits per heavy atom. The van der Waals surface area contributed by atoms with Gasteiger partial charge < -0.3 is 14.6 Å². The SMILES string of the molecule is CCOc1ccccc1NC(=O)c1c(-c2c(F)cccc2Cl)noc1C. The van der Waals surface area contributed by atoms with E-state index in [9.17, 15) is 9.18 Å². The van der Waals surface area contributed by atoms with E-state index in [0.717, 1.165) is 0 Å². The molecule has 3 rings (SSSR count). The Balaban J connectivity index is 2.01. The van der Waals surface area contributed by atoms with Crippen molar-refractivity contribution in [2.24, 2.45) is 0 Å². The third kappa shape index (κ3) is 3.41. The maximum atomic E-state index is 14.3. The van der Waals surface area contributed by atoms with Crippen LogP contribution >= 0.6 is 11.6 Å². The van der Waals surface area contributed by atoms with E-state index in [1.165, 1.54) is 18.2 Å². The van der Waals surface area contributed by atoms with E-state index in [1.54, 1.807) is 31.2 Å². The molecular formula is C19H16ClFN2O3. The van der Waals surface area contributed by atoms with Crippen LogP contribution in [-0.2, 0) is 0 Å². The Bertz CT molecular complexity index is 935. The fraction of sp³-hybridized carbons (Fsp3) is 0.158. The minimum Gasteiger partial charge on any atom is -0.492 e.